The van der Waals surface area contributed by atoms with Gasteiger partial charge in [-0.2, -0.15) is 0 Å². The molecule has 1 aromatic heterocycles. The highest BCUT2D eigenvalue weighted by atomic mass is 15.2. The Hall–Kier alpha value is -1.13. The van der Waals surface area contributed by atoms with Gasteiger partial charge >= 0.3 is 0 Å². The van der Waals surface area contributed by atoms with Crippen molar-refractivity contribution in [3.8, 4) is 0 Å². The number of aromatic nitrogens is 1. The van der Waals surface area contributed by atoms with E-state index in [1.807, 2.05) is 18.3 Å². The Morgan fingerprint density at radius 2 is 2.18 bits per heavy atom. The van der Waals surface area contributed by atoms with Crippen LogP contribution >= 0.6 is 0 Å². The Morgan fingerprint density at radius 3 is 2.88 bits per heavy atom. The molecule has 1 atom stereocenters. The predicted molar refractivity (Wildman–Crippen MR) is 69.0 cm³/mol. The van der Waals surface area contributed by atoms with Crippen molar-refractivity contribution in [1.29, 1.82) is 0 Å². The molecule has 0 aliphatic carbocycles. The molecule has 1 spiro atoms. The molecule has 3 N–H and O–H groups in total. The Kier molecular flexibility index (Phi) is 2.76. The summed E-state index contributed by atoms with van der Waals surface area (Å²) in [6, 6.07) is 6.36. The number of pyridine rings is 1. The molecular formula is C13H20N4. The molecule has 0 aromatic carbocycles. The van der Waals surface area contributed by atoms with E-state index in [2.05, 4.69) is 21.3 Å². The fourth-order valence-corrected chi connectivity index (χ4v) is 3.16. The number of hydrogen-bond acceptors (Lipinski definition) is 4. The highest BCUT2D eigenvalue weighted by Gasteiger charge is 2.45. The lowest BCUT2D eigenvalue weighted by molar-refractivity contribution is 0.205. The fraction of sp³-hybridized carbons (Fsp3) is 0.615. The molecule has 2 saturated heterocycles. The molecule has 0 unspecified atom stereocenters. The summed E-state index contributed by atoms with van der Waals surface area (Å²) in [6.07, 6.45) is 4.24. The molecule has 3 rings (SSSR count). The van der Waals surface area contributed by atoms with Gasteiger partial charge in [0.05, 0.1) is 0 Å². The molecule has 3 heterocycles. The van der Waals surface area contributed by atoms with Gasteiger partial charge in [0.2, 0.25) is 0 Å². The third-order valence-electron chi connectivity index (χ3n) is 4.28. The zero-order valence-electron chi connectivity index (χ0n) is 10.1. The summed E-state index contributed by atoms with van der Waals surface area (Å²) in [4.78, 5) is 6.77. The van der Waals surface area contributed by atoms with Crippen LogP contribution in [0.4, 0.5) is 5.82 Å². The molecule has 0 radical (unpaired) electrons. The van der Waals surface area contributed by atoms with Gasteiger partial charge in [0.25, 0.3) is 0 Å². The summed E-state index contributed by atoms with van der Waals surface area (Å²) in [6.45, 7) is 4.21. The molecule has 2 aliphatic rings. The Morgan fingerprint density at radius 1 is 1.35 bits per heavy atom. The zero-order valence-corrected chi connectivity index (χ0v) is 10.1. The van der Waals surface area contributed by atoms with E-state index in [9.17, 15) is 0 Å². The number of hydrogen-bond donors (Lipinski definition) is 2. The van der Waals surface area contributed by atoms with E-state index in [1.54, 1.807) is 0 Å². The summed E-state index contributed by atoms with van der Waals surface area (Å²) in [5, 5.41) is 3.42. The van der Waals surface area contributed by atoms with E-state index >= 15 is 0 Å². The molecule has 0 amide bonds. The quantitative estimate of drug-likeness (QED) is 0.744. The highest BCUT2D eigenvalue weighted by molar-refractivity contribution is 5.41. The maximum atomic E-state index is 6.37. The molecule has 2 aliphatic heterocycles. The van der Waals surface area contributed by atoms with Crippen LogP contribution in [0.15, 0.2) is 24.4 Å². The van der Waals surface area contributed by atoms with E-state index in [1.165, 1.54) is 12.8 Å². The van der Waals surface area contributed by atoms with Gasteiger partial charge in [-0.15, -0.1) is 0 Å². The molecule has 0 bridgehead atoms. The van der Waals surface area contributed by atoms with Crippen LogP contribution in [0, 0.1) is 5.41 Å². The zero-order chi connectivity index (χ0) is 11.7. The fourth-order valence-electron chi connectivity index (χ4n) is 3.16. The van der Waals surface area contributed by atoms with Crippen molar-refractivity contribution in [1.82, 2.24) is 10.3 Å². The SMILES string of the molecule is N[C@@H]1CN(c2ccccn2)CC12CCNCC2. The molecule has 0 saturated carbocycles. The van der Waals surface area contributed by atoms with Crippen LogP contribution in [0.3, 0.4) is 0 Å². The number of nitrogens with two attached hydrogens (primary N) is 1. The van der Waals surface area contributed by atoms with E-state index in [4.69, 9.17) is 5.73 Å². The summed E-state index contributed by atoms with van der Waals surface area (Å²) < 4.78 is 0. The van der Waals surface area contributed by atoms with Crippen molar-refractivity contribution in [3.05, 3.63) is 24.4 Å². The minimum atomic E-state index is 0.284. The average Bonchev–Trinajstić information content (AvgIpc) is 2.69. The topological polar surface area (TPSA) is 54.2 Å². The van der Waals surface area contributed by atoms with Crippen LogP contribution in [0.2, 0.25) is 0 Å². The third kappa shape index (κ3) is 1.91. The minimum Gasteiger partial charge on any atom is -0.354 e. The first-order chi connectivity index (χ1) is 8.30. The lowest BCUT2D eigenvalue weighted by atomic mass is 9.75. The van der Waals surface area contributed by atoms with Gasteiger partial charge in [-0.3, -0.25) is 0 Å². The van der Waals surface area contributed by atoms with E-state index in [-0.39, 0.29) is 6.04 Å². The van der Waals surface area contributed by atoms with Crippen LogP contribution in [-0.4, -0.2) is 37.2 Å². The van der Waals surface area contributed by atoms with Gasteiger partial charge in [-0.05, 0) is 38.1 Å². The van der Waals surface area contributed by atoms with Crippen LogP contribution in [0.1, 0.15) is 12.8 Å². The van der Waals surface area contributed by atoms with Gasteiger partial charge in [-0.1, -0.05) is 6.07 Å². The van der Waals surface area contributed by atoms with Crippen molar-refractivity contribution < 1.29 is 0 Å². The van der Waals surface area contributed by atoms with Gasteiger partial charge in [-0.25, -0.2) is 4.98 Å². The molecule has 17 heavy (non-hydrogen) atoms. The van der Waals surface area contributed by atoms with Crippen molar-refractivity contribution in [2.45, 2.75) is 18.9 Å². The first kappa shape index (κ1) is 11.0. The number of nitrogens with zero attached hydrogens (tertiary/aromatic N) is 2. The van der Waals surface area contributed by atoms with Crippen LogP contribution < -0.4 is 16.0 Å². The molecule has 2 fully saturated rings. The van der Waals surface area contributed by atoms with E-state index in [0.717, 1.165) is 32.0 Å². The highest BCUT2D eigenvalue weighted by Crippen LogP contribution is 2.39. The largest absolute Gasteiger partial charge is 0.354 e. The Labute approximate surface area is 102 Å². The molecular weight excluding hydrogens is 212 g/mol. The number of rotatable bonds is 1. The second-order valence-electron chi connectivity index (χ2n) is 5.29. The van der Waals surface area contributed by atoms with Crippen LogP contribution in [0.25, 0.3) is 0 Å². The van der Waals surface area contributed by atoms with Crippen LogP contribution in [0.5, 0.6) is 0 Å². The van der Waals surface area contributed by atoms with Crippen molar-refractivity contribution in [2.75, 3.05) is 31.1 Å². The van der Waals surface area contributed by atoms with Gasteiger partial charge in [0.1, 0.15) is 5.82 Å². The normalized spacial score (nSPS) is 27.6. The summed E-state index contributed by atoms with van der Waals surface area (Å²) in [5.41, 5.74) is 6.68. The Balaban J connectivity index is 1.79. The molecule has 4 nitrogen and oxygen atoms in total. The lowest BCUT2D eigenvalue weighted by Gasteiger charge is -2.36. The van der Waals surface area contributed by atoms with Crippen LogP contribution in [-0.2, 0) is 0 Å². The van der Waals surface area contributed by atoms with Gasteiger partial charge < -0.3 is 16.0 Å². The maximum absolute atomic E-state index is 6.37. The molecule has 1 aromatic rings. The van der Waals surface area contributed by atoms with E-state index in [0.29, 0.717) is 5.41 Å². The monoisotopic (exact) mass is 232 g/mol. The first-order valence-electron chi connectivity index (χ1n) is 6.42. The standard InChI is InChI=1S/C13H20N4/c14-11-9-17(12-3-1-2-6-16-12)10-13(11)4-7-15-8-5-13/h1-3,6,11,15H,4-5,7-10,14H2/t11-/m1/s1. The number of nitrogens with one attached hydrogen (secondary N) is 1. The van der Waals surface area contributed by atoms with Gasteiger partial charge in [0.15, 0.2) is 0 Å². The summed E-state index contributed by atoms with van der Waals surface area (Å²) in [5.74, 6) is 1.07. The Bertz CT molecular complexity index is 372. The van der Waals surface area contributed by atoms with Crippen molar-refractivity contribution in [3.63, 3.8) is 0 Å². The maximum Gasteiger partial charge on any atom is 0.128 e. The molecule has 4 heteroatoms. The van der Waals surface area contributed by atoms with Crippen molar-refractivity contribution >= 4 is 5.82 Å². The van der Waals surface area contributed by atoms with Crippen molar-refractivity contribution in [2.24, 2.45) is 11.1 Å². The lowest BCUT2D eigenvalue weighted by Crippen LogP contribution is -2.47. The average molecular weight is 232 g/mol. The summed E-state index contributed by atoms with van der Waals surface area (Å²) >= 11 is 0. The minimum absolute atomic E-state index is 0.284. The third-order valence-corrected chi connectivity index (χ3v) is 4.28. The number of piperidine rings is 1. The number of anilines is 1. The smallest absolute Gasteiger partial charge is 0.128 e. The van der Waals surface area contributed by atoms with E-state index < -0.39 is 0 Å². The molecule has 92 valence electrons. The summed E-state index contributed by atoms with van der Waals surface area (Å²) in [7, 11) is 0. The second-order valence-corrected chi connectivity index (χ2v) is 5.29. The van der Waals surface area contributed by atoms with Gasteiger partial charge in [0, 0.05) is 30.7 Å². The second kappa shape index (κ2) is 4.27. The first-order valence-corrected chi connectivity index (χ1v) is 6.42. The predicted octanol–water partition coefficient (Wildman–Crippen LogP) is 0.599.